The van der Waals surface area contributed by atoms with E-state index in [4.69, 9.17) is 23.9 Å². The number of amides is 4. The number of fused-ring (bicyclic) bond motifs is 1. The minimum Gasteiger partial charge on any atom is -0.453 e. The van der Waals surface area contributed by atoms with Crippen molar-refractivity contribution in [1.29, 1.82) is 0 Å². The molecule has 56 heavy (non-hydrogen) atoms. The Labute approximate surface area is 326 Å². The third-order valence-electron chi connectivity index (χ3n) is 10.7. The summed E-state index contributed by atoms with van der Waals surface area (Å²) in [6, 6.07) is 11.8. The number of methoxy groups -OCH3 is 4. The van der Waals surface area contributed by atoms with E-state index in [0.717, 1.165) is 53.4 Å². The van der Waals surface area contributed by atoms with Crippen molar-refractivity contribution in [2.45, 2.75) is 82.1 Å². The number of carbonyl (C=O) groups excluding carboxylic acids is 4. The first kappa shape index (κ1) is 39.9. The molecule has 0 aliphatic carbocycles. The Morgan fingerprint density at radius 1 is 0.804 bits per heavy atom. The van der Waals surface area contributed by atoms with Crippen LogP contribution >= 0.6 is 0 Å². The van der Waals surface area contributed by atoms with Crippen LogP contribution in [0.3, 0.4) is 0 Å². The lowest BCUT2D eigenvalue weighted by molar-refractivity contribution is -0.138. The summed E-state index contributed by atoms with van der Waals surface area (Å²) >= 11 is 0. The monoisotopic (exact) mass is 770 g/mol. The largest absolute Gasteiger partial charge is 0.453 e. The SMILES string of the molecule is COC(=O)N[C@H](C(=O)N1CCC[C@H]1c1nc2ccc(-c3ccc(C#CC4=CNC([C@@H]5CCCN5C(=O)[C@@H](NC(=O)OC)[C@@H](C)OC)N4)cc3)cc2[nH]1)[C@@H](C)OC. The van der Waals surface area contributed by atoms with E-state index in [1.54, 1.807) is 23.6 Å². The van der Waals surface area contributed by atoms with Crippen LogP contribution in [-0.2, 0) is 28.5 Å². The van der Waals surface area contributed by atoms with Gasteiger partial charge in [0.15, 0.2) is 0 Å². The average molecular weight is 771 g/mol. The van der Waals surface area contributed by atoms with Crippen molar-refractivity contribution in [1.82, 2.24) is 41.0 Å². The summed E-state index contributed by atoms with van der Waals surface area (Å²) in [6.07, 6.45) is 2.24. The maximum atomic E-state index is 13.7. The molecule has 0 saturated carbocycles. The number of allylic oxidation sites excluding steroid dienone is 1. The minimum absolute atomic E-state index is 0.154. The molecule has 0 bridgehead atoms. The molecular formula is C40H50N8O8. The number of carbonyl (C=O) groups is 4. The first-order valence-electron chi connectivity index (χ1n) is 18.8. The summed E-state index contributed by atoms with van der Waals surface area (Å²) < 4.78 is 20.3. The number of rotatable bonds is 11. The lowest BCUT2D eigenvalue weighted by Crippen LogP contribution is -2.59. The van der Waals surface area contributed by atoms with Crippen LogP contribution in [-0.4, -0.2) is 122 Å². The molecule has 3 aliphatic heterocycles. The van der Waals surface area contributed by atoms with Crippen molar-refractivity contribution in [3.05, 3.63) is 65.7 Å². The molecule has 2 aromatic carbocycles. The second-order valence-electron chi connectivity index (χ2n) is 14.1. The van der Waals surface area contributed by atoms with Gasteiger partial charge in [-0.1, -0.05) is 24.1 Å². The summed E-state index contributed by atoms with van der Waals surface area (Å²) in [5.74, 6) is 6.63. The number of imidazole rings is 1. The predicted molar refractivity (Wildman–Crippen MR) is 207 cm³/mol. The molecule has 4 amide bonds. The number of nitrogens with one attached hydrogen (secondary N) is 5. The van der Waals surface area contributed by atoms with Gasteiger partial charge in [-0.3, -0.25) is 9.59 Å². The second kappa shape index (κ2) is 17.8. The summed E-state index contributed by atoms with van der Waals surface area (Å²) in [5.41, 5.74) is 5.18. The molecule has 3 aliphatic rings. The van der Waals surface area contributed by atoms with Crippen LogP contribution in [0.4, 0.5) is 9.59 Å². The topological polar surface area (TPSA) is 188 Å². The van der Waals surface area contributed by atoms with Crippen molar-refractivity contribution >= 4 is 35.0 Å². The number of ether oxygens (including phenoxy) is 4. The Balaban J connectivity index is 1.09. The Kier molecular flexibility index (Phi) is 12.7. The fraction of sp³-hybridized carbons (Fsp3) is 0.475. The van der Waals surface area contributed by atoms with Crippen molar-refractivity contribution in [2.75, 3.05) is 41.5 Å². The highest BCUT2D eigenvalue weighted by molar-refractivity contribution is 5.88. The highest BCUT2D eigenvalue weighted by atomic mass is 16.5. The van der Waals surface area contributed by atoms with E-state index in [1.807, 2.05) is 48.7 Å². The zero-order valence-electron chi connectivity index (χ0n) is 32.5. The zero-order chi connectivity index (χ0) is 39.9. The molecule has 16 nitrogen and oxygen atoms in total. The van der Waals surface area contributed by atoms with E-state index >= 15 is 0 Å². The zero-order valence-corrected chi connectivity index (χ0v) is 32.5. The highest BCUT2D eigenvalue weighted by Gasteiger charge is 2.41. The van der Waals surface area contributed by atoms with Gasteiger partial charge in [0.25, 0.3) is 0 Å². The Morgan fingerprint density at radius 2 is 1.41 bits per heavy atom. The summed E-state index contributed by atoms with van der Waals surface area (Å²) in [5, 5.41) is 12.0. The van der Waals surface area contributed by atoms with Gasteiger partial charge in [0, 0.05) is 39.1 Å². The first-order valence-corrected chi connectivity index (χ1v) is 18.8. The summed E-state index contributed by atoms with van der Waals surface area (Å²) in [4.78, 5) is 63.0. The van der Waals surface area contributed by atoms with Crippen LogP contribution in [0.25, 0.3) is 22.2 Å². The molecule has 2 fully saturated rings. The number of aromatic nitrogens is 2. The molecule has 1 unspecified atom stereocenters. The maximum Gasteiger partial charge on any atom is 0.407 e. The first-order chi connectivity index (χ1) is 27.0. The average Bonchev–Trinajstić information content (AvgIpc) is 4.06. The number of hydrogen-bond donors (Lipinski definition) is 5. The summed E-state index contributed by atoms with van der Waals surface area (Å²) in [6.45, 7) is 4.56. The van der Waals surface area contributed by atoms with Gasteiger partial charge in [0.2, 0.25) is 11.8 Å². The molecule has 7 atom stereocenters. The van der Waals surface area contributed by atoms with Crippen LogP contribution in [0.5, 0.6) is 0 Å². The number of hydrogen-bond acceptors (Lipinski definition) is 11. The second-order valence-corrected chi connectivity index (χ2v) is 14.1. The van der Waals surface area contributed by atoms with E-state index in [0.29, 0.717) is 24.6 Å². The highest BCUT2D eigenvalue weighted by Crippen LogP contribution is 2.33. The Bertz CT molecular complexity index is 2010. The van der Waals surface area contributed by atoms with Crippen LogP contribution in [0.1, 0.15) is 57.0 Å². The fourth-order valence-corrected chi connectivity index (χ4v) is 7.44. The summed E-state index contributed by atoms with van der Waals surface area (Å²) in [7, 11) is 5.50. The number of nitrogens with zero attached hydrogens (tertiary/aromatic N) is 3. The Morgan fingerprint density at radius 3 is 2.05 bits per heavy atom. The Hall–Kier alpha value is -5.79. The van der Waals surface area contributed by atoms with Gasteiger partial charge in [-0.2, -0.15) is 0 Å². The van der Waals surface area contributed by atoms with E-state index < -0.39 is 36.5 Å². The van der Waals surface area contributed by atoms with E-state index in [2.05, 4.69) is 38.1 Å². The molecule has 2 saturated heterocycles. The fourth-order valence-electron chi connectivity index (χ4n) is 7.44. The smallest absolute Gasteiger partial charge is 0.407 e. The van der Waals surface area contributed by atoms with Crippen molar-refractivity contribution in [2.24, 2.45) is 0 Å². The molecule has 3 aromatic rings. The van der Waals surface area contributed by atoms with Gasteiger partial charge < -0.3 is 55.0 Å². The number of aromatic amines is 1. The lowest BCUT2D eigenvalue weighted by atomic mass is 10.0. The van der Waals surface area contributed by atoms with Crippen molar-refractivity contribution in [3.63, 3.8) is 0 Å². The normalized spacial score (nSPS) is 21.1. The van der Waals surface area contributed by atoms with E-state index in [9.17, 15) is 19.2 Å². The van der Waals surface area contributed by atoms with Gasteiger partial charge in [0.1, 0.15) is 29.8 Å². The van der Waals surface area contributed by atoms with Crippen LogP contribution < -0.4 is 21.3 Å². The molecule has 0 spiro atoms. The minimum atomic E-state index is -0.903. The molecule has 1 aromatic heterocycles. The van der Waals surface area contributed by atoms with Crippen LogP contribution in [0.2, 0.25) is 0 Å². The molecular weight excluding hydrogens is 720 g/mol. The standard InChI is InChI=1S/C40H50N8O8/c1-23(53-3)33(45-39(51)55-5)37(49)47-19-7-9-31(47)35-41-22-28(42-35)17-13-25-11-14-26(15-12-25)27-16-18-29-30(21-27)44-36(43-29)32-10-8-20-48(32)38(50)34(24(2)54-4)46-40(52)56-6/h11-12,14-16,18,21-24,31-35,41-42H,7-10,19-20H2,1-6H3,(H,43,44)(H,45,51)(H,46,52)/t23-,24-,31+,32+,33+,34+,35?/m1/s1. The third-order valence-corrected chi connectivity index (χ3v) is 10.7. The third kappa shape index (κ3) is 8.69. The predicted octanol–water partition coefficient (Wildman–Crippen LogP) is 3.12. The van der Waals surface area contributed by atoms with Crippen molar-refractivity contribution < 1.29 is 38.1 Å². The van der Waals surface area contributed by atoms with Gasteiger partial charge in [-0.05, 0) is 80.8 Å². The molecule has 5 N–H and O–H groups in total. The van der Waals surface area contributed by atoms with Gasteiger partial charge in [-0.25, -0.2) is 14.6 Å². The lowest BCUT2D eigenvalue weighted by Gasteiger charge is -2.34. The molecule has 6 rings (SSSR count). The molecule has 4 heterocycles. The van der Waals surface area contributed by atoms with Gasteiger partial charge >= 0.3 is 12.2 Å². The maximum absolute atomic E-state index is 13.7. The number of benzene rings is 2. The van der Waals surface area contributed by atoms with E-state index in [-0.39, 0.29) is 30.1 Å². The van der Waals surface area contributed by atoms with E-state index in [1.165, 1.54) is 28.4 Å². The van der Waals surface area contributed by atoms with Gasteiger partial charge in [0.05, 0.1) is 49.5 Å². The number of likely N-dealkylation sites (tertiary alicyclic amines) is 2. The van der Waals surface area contributed by atoms with Crippen molar-refractivity contribution in [3.8, 4) is 23.0 Å². The quantitative estimate of drug-likeness (QED) is 0.180. The number of alkyl carbamates (subject to hydrolysis) is 2. The van der Waals surface area contributed by atoms with Crippen LogP contribution in [0.15, 0.2) is 54.4 Å². The van der Waals surface area contributed by atoms with Gasteiger partial charge in [-0.15, -0.1) is 0 Å². The molecule has 0 radical (unpaired) electrons. The molecule has 16 heteroatoms. The number of H-pyrrole nitrogens is 1. The van der Waals surface area contributed by atoms with Crippen LogP contribution in [0, 0.1) is 11.8 Å². The molecule has 298 valence electrons.